The summed E-state index contributed by atoms with van der Waals surface area (Å²) in [6.07, 6.45) is 0. The fourth-order valence-corrected chi connectivity index (χ4v) is 2.37. The second kappa shape index (κ2) is 6.04. The van der Waals surface area contributed by atoms with E-state index < -0.39 is 0 Å². The van der Waals surface area contributed by atoms with E-state index in [0.29, 0.717) is 26.3 Å². The minimum atomic E-state index is -0.368. The van der Waals surface area contributed by atoms with Crippen molar-refractivity contribution in [1.82, 2.24) is 0 Å². The summed E-state index contributed by atoms with van der Waals surface area (Å²) in [6, 6.07) is 9.81. The van der Waals surface area contributed by atoms with Gasteiger partial charge in [-0.3, -0.25) is 0 Å². The lowest BCUT2D eigenvalue weighted by Crippen LogP contribution is -1.88. The maximum absolute atomic E-state index is 13.2. The Morgan fingerprint density at radius 3 is 2.61 bits per heavy atom. The molecule has 5 heteroatoms. The molecule has 0 saturated heterocycles. The fraction of sp³-hybridized carbons (Fsp3) is 0.0769. The van der Waals surface area contributed by atoms with Crippen molar-refractivity contribution in [1.29, 1.82) is 0 Å². The van der Waals surface area contributed by atoms with Crippen LogP contribution in [-0.4, -0.2) is 0 Å². The topological polar surface area (TPSA) is 9.23 Å². The van der Waals surface area contributed by atoms with Gasteiger partial charge < -0.3 is 4.74 Å². The maximum Gasteiger partial charge on any atom is 0.146 e. The van der Waals surface area contributed by atoms with Gasteiger partial charge >= 0.3 is 0 Å². The quantitative estimate of drug-likeness (QED) is 0.587. The van der Waals surface area contributed by atoms with E-state index in [1.165, 1.54) is 12.1 Å². The summed E-state index contributed by atoms with van der Waals surface area (Å²) >= 11 is 12.6. The van der Waals surface area contributed by atoms with Crippen LogP contribution in [0, 0.1) is 5.82 Å². The van der Waals surface area contributed by atoms with Crippen molar-refractivity contribution in [3.63, 3.8) is 0 Å². The van der Waals surface area contributed by atoms with Crippen LogP contribution in [-0.2, 0) is 5.33 Å². The van der Waals surface area contributed by atoms with Gasteiger partial charge in [0.2, 0.25) is 0 Å². The molecule has 0 aliphatic heterocycles. The number of rotatable bonds is 3. The van der Waals surface area contributed by atoms with Crippen molar-refractivity contribution in [3.05, 3.63) is 57.3 Å². The van der Waals surface area contributed by atoms with Gasteiger partial charge in [0.15, 0.2) is 0 Å². The van der Waals surface area contributed by atoms with Gasteiger partial charge in [-0.2, -0.15) is 0 Å². The van der Waals surface area contributed by atoms with Crippen molar-refractivity contribution in [2.24, 2.45) is 0 Å². The highest BCUT2D eigenvalue weighted by Crippen LogP contribution is 2.32. The maximum atomic E-state index is 13.2. The molecule has 0 N–H and O–H groups in total. The van der Waals surface area contributed by atoms with Gasteiger partial charge in [0.1, 0.15) is 17.3 Å². The van der Waals surface area contributed by atoms with Crippen LogP contribution >= 0.6 is 43.5 Å². The molecule has 0 fully saturated rings. The van der Waals surface area contributed by atoms with Crippen molar-refractivity contribution < 1.29 is 9.13 Å². The molecule has 0 radical (unpaired) electrons. The van der Waals surface area contributed by atoms with Crippen LogP contribution < -0.4 is 4.74 Å². The molecule has 2 aromatic carbocycles. The van der Waals surface area contributed by atoms with E-state index in [1.54, 1.807) is 12.1 Å². The summed E-state index contributed by atoms with van der Waals surface area (Å²) in [5.41, 5.74) is 1.03. The van der Waals surface area contributed by atoms with Crippen LogP contribution in [0.25, 0.3) is 0 Å². The van der Waals surface area contributed by atoms with Gasteiger partial charge in [0, 0.05) is 15.9 Å². The summed E-state index contributed by atoms with van der Waals surface area (Å²) in [6.45, 7) is 0. The third kappa shape index (κ3) is 3.46. The molecule has 0 atom stereocenters. The molecule has 0 aliphatic rings. The zero-order chi connectivity index (χ0) is 13.1. The normalized spacial score (nSPS) is 10.4. The number of hydrogen-bond donors (Lipinski definition) is 0. The molecule has 0 aromatic heterocycles. The molecule has 2 rings (SSSR count). The first-order valence-corrected chi connectivity index (χ1v) is 7.36. The van der Waals surface area contributed by atoms with Crippen LogP contribution in [0.2, 0.25) is 5.02 Å². The average Bonchev–Trinajstić information content (AvgIpc) is 2.30. The molecular weight excluding hydrogens is 386 g/mol. The summed E-state index contributed by atoms with van der Waals surface area (Å²) in [5, 5.41) is 1.19. The van der Waals surface area contributed by atoms with E-state index in [1.807, 2.05) is 12.1 Å². The molecule has 0 saturated carbocycles. The second-order valence-electron chi connectivity index (χ2n) is 3.61. The largest absolute Gasteiger partial charge is 0.456 e. The second-order valence-corrected chi connectivity index (χ2v) is 5.49. The number of benzene rings is 2. The standard InChI is InChI=1S/C13H8Br2ClFO/c14-7-8-1-2-12(16)13(3-8)18-11-5-9(15)4-10(17)6-11/h1-6H,7H2. The first kappa shape index (κ1) is 13.8. The Morgan fingerprint density at radius 2 is 1.94 bits per heavy atom. The first-order valence-electron chi connectivity index (χ1n) is 5.07. The smallest absolute Gasteiger partial charge is 0.146 e. The highest BCUT2D eigenvalue weighted by molar-refractivity contribution is 9.10. The van der Waals surface area contributed by atoms with Crippen molar-refractivity contribution in [3.8, 4) is 11.5 Å². The van der Waals surface area contributed by atoms with Crippen LogP contribution in [0.3, 0.4) is 0 Å². The first-order chi connectivity index (χ1) is 8.58. The minimum Gasteiger partial charge on any atom is -0.456 e. The lowest BCUT2D eigenvalue weighted by atomic mass is 10.2. The number of hydrogen-bond acceptors (Lipinski definition) is 1. The van der Waals surface area contributed by atoms with Crippen molar-refractivity contribution in [2.45, 2.75) is 5.33 Å². The predicted molar refractivity (Wildman–Crippen MR) is 78.3 cm³/mol. The minimum absolute atomic E-state index is 0.368. The van der Waals surface area contributed by atoms with E-state index in [9.17, 15) is 4.39 Å². The number of ether oxygens (including phenoxy) is 1. The Kier molecular flexibility index (Phi) is 4.65. The highest BCUT2D eigenvalue weighted by Gasteiger charge is 2.06. The summed E-state index contributed by atoms with van der Waals surface area (Å²) in [7, 11) is 0. The Labute approximate surface area is 126 Å². The Morgan fingerprint density at radius 1 is 1.17 bits per heavy atom. The SMILES string of the molecule is Fc1cc(Br)cc(Oc2cc(CBr)ccc2Cl)c1. The summed E-state index contributed by atoms with van der Waals surface area (Å²) < 4.78 is 19.4. The zero-order valence-corrected chi connectivity index (χ0v) is 13.0. The third-order valence-corrected chi connectivity index (χ3v) is 3.63. The van der Waals surface area contributed by atoms with E-state index in [2.05, 4.69) is 31.9 Å². The van der Waals surface area contributed by atoms with Crippen LogP contribution in [0.1, 0.15) is 5.56 Å². The third-order valence-electron chi connectivity index (χ3n) is 2.21. The molecule has 0 bridgehead atoms. The van der Waals surface area contributed by atoms with Gasteiger partial charge in [-0.05, 0) is 29.8 Å². The van der Waals surface area contributed by atoms with Crippen molar-refractivity contribution in [2.75, 3.05) is 0 Å². The van der Waals surface area contributed by atoms with Crippen molar-refractivity contribution >= 4 is 43.5 Å². The van der Waals surface area contributed by atoms with Gasteiger partial charge in [-0.25, -0.2) is 4.39 Å². The zero-order valence-electron chi connectivity index (χ0n) is 9.09. The molecule has 2 aromatic rings. The van der Waals surface area contributed by atoms with E-state index >= 15 is 0 Å². The van der Waals surface area contributed by atoms with Gasteiger partial charge in [0.05, 0.1) is 5.02 Å². The Bertz CT molecular complexity index is 555. The molecular formula is C13H8Br2ClFO. The lowest BCUT2D eigenvalue weighted by molar-refractivity contribution is 0.476. The summed E-state index contributed by atoms with van der Waals surface area (Å²) in [5.74, 6) is 0.536. The van der Waals surface area contributed by atoms with Gasteiger partial charge in [-0.15, -0.1) is 0 Å². The highest BCUT2D eigenvalue weighted by atomic mass is 79.9. The molecule has 0 spiro atoms. The molecule has 1 nitrogen and oxygen atoms in total. The summed E-state index contributed by atoms with van der Waals surface area (Å²) in [4.78, 5) is 0. The van der Waals surface area contributed by atoms with Crippen LogP contribution in [0.4, 0.5) is 4.39 Å². The van der Waals surface area contributed by atoms with Gasteiger partial charge in [-0.1, -0.05) is 49.5 Å². The number of alkyl halides is 1. The molecule has 0 heterocycles. The predicted octanol–water partition coefficient (Wildman–Crippen LogP) is 5.93. The van der Waals surface area contributed by atoms with E-state index in [0.717, 1.165) is 5.56 Å². The van der Waals surface area contributed by atoms with Crippen LogP contribution in [0.15, 0.2) is 40.9 Å². The monoisotopic (exact) mass is 392 g/mol. The molecule has 0 amide bonds. The van der Waals surface area contributed by atoms with E-state index in [-0.39, 0.29) is 5.82 Å². The Hall–Kier alpha value is -0.580. The number of halogens is 4. The van der Waals surface area contributed by atoms with Crippen LogP contribution in [0.5, 0.6) is 11.5 Å². The molecule has 0 unspecified atom stereocenters. The van der Waals surface area contributed by atoms with E-state index in [4.69, 9.17) is 16.3 Å². The molecule has 94 valence electrons. The average molecular weight is 394 g/mol. The van der Waals surface area contributed by atoms with Gasteiger partial charge in [0.25, 0.3) is 0 Å². The fourth-order valence-electron chi connectivity index (χ4n) is 1.42. The molecule has 0 aliphatic carbocycles. The lowest BCUT2D eigenvalue weighted by Gasteiger charge is -2.09. The molecule has 18 heavy (non-hydrogen) atoms. The Balaban J connectivity index is 2.33.